The van der Waals surface area contributed by atoms with Gasteiger partial charge >= 0.3 is 5.97 Å². The molecule has 106 valence electrons. The van der Waals surface area contributed by atoms with Gasteiger partial charge in [0, 0.05) is 20.1 Å². The van der Waals surface area contributed by atoms with E-state index in [1.807, 2.05) is 0 Å². The third-order valence-electron chi connectivity index (χ3n) is 2.49. The molecule has 0 aliphatic heterocycles. The zero-order valence-electron chi connectivity index (χ0n) is 11.3. The van der Waals surface area contributed by atoms with Gasteiger partial charge in [0.05, 0.1) is 25.4 Å². The van der Waals surface area contributed by atoms with E-state index in [1.54, 1.807) is 14.0 Å². The molecule has 1 aromatic carbocycles. The number of halogens is 1. The van der Waals surface area contributed by atoms with Gasteiger partial charge in [0.15, 0.2) is 0 Å². The van der Waals surface area contributed by atoms with E-state index in [4.69, 9.17) is 14.2 Å². The molecule has 0 aromatic heterocycles. The van der Waals surface area contributed by atoms with Crippen LogP contribution in [0.2, 0.25) is 0 Å². The Balaban J connectivity index is 2.22. The number of rotatable bonds is 8. The van der Waals surface area contributed by atoms with Crippen molar-refractivity contribution in [1.29, 1.82) is 0 Å². The van der Waals surface area contributed by atoms with Crippen LogP contribution in [0.5, 0.6) is 0 Å². The highest BCUT2D eigenvalue weighted by molar-refractivity contribution is 5.89. The van der Waals surface area contributed by atoms with E-state index < -0.39 is 5.97 Å². The first-order chi connectivity index (χ1) is 9.15. The fourth-order valence-electron chi connectivity index (χ4n) is 1.43. The number of aryl methyl sites for hydroxylation is 1. The van der Waals surface area contributed by atoms with Crippen LogP contribution in [0, 0.1) is 12.7 Å². The van der Waals surface area contributed by atoms with Crippen molar-refractivity contribution < 1.29 is 23.4 Å². The number of benzene rings is 1. The molecule has 1 rings (SSSR count). The molecule has 0 N–H and O–H groups in total. The van der Waals surface area contributed by atoms with Gasteiger partial charge in [-0.1, -0.05) is 0 Å². The number of esters is 1. The predicted molar refractivity (Wildman–Crippen MR) is 68.7 cm³/mol. The van der Waals surface area contributed by atoms with Crippen molar-refractivity contribution in [3.63, 3.8) is 0 Å². The number of ether oxygens (including phenoxy) is 3. The average molecular weight is 270 g/mol. The summed E-state index contributed by atoms with van der Waals surface area (Å²) in [5, 5.41) is 0. The van der Waals surface area contributed by atoms with Gasteiger partial charge in [-0.25, -0.2) is 9.18 Å². The van der Waals surface area contributed by atoms with Crippen LogP contribution in [-0.2, 0) is 14.2 Å². The maximum absolute atomic E-state index is 13.0. The first-order valence-corrected chi connectivity index (χ1v) is 6.15. The molecule has 0 unspecified atom stereocenters. The summed E-state index contributed by atoms with van der Waals surface area (Å²) >= 11 is 0. The predicted octanol–water partition coefficient (Wildman–Crippen LogP) is 2.34. The van der Waals surface area contributed by atoms with E-state index in [0.717, 1.165) is 0 Å². The number of hydrogen-bond donors (Lipinski definition) is 0. The molecule has 0 aliphatic carbocycles. The Bertz CT molecular complexity index is 406. The Morgan fingerprint density at radius 1 is 1.21 bits per heavy atom. The van der Waals surface area contributed by atoms with Gasteiger partial charge in [-0.15, -0.1) is 0 Å². The van der Waals surface area contributed by atoms with Crippen molar-refractivity contribution in [3.8, 4) is 0 Å². The maximum atomic E-state index is 13.0. The fourth-order valence-corrected chi connectivity index (χ4v) is 1.43. The quantitative estimate of drug-likeness (QED) is 0.537. The molecular formula is C14H19FO4. The van der Waals surface area contributed by atoms with E-state index in [1.165, 1.54) is 18.2 Å². The smallest absolute Gasteiger partial charge is 0.338 e. The van der Waals surface area contributed by atoms with Gasteiger partial charge in [-0.3, -0.25) is 0 Å². The Kier molecular flexibility index (Phi) is 7.07. The second kappa shape index (κ2) is 8.61. The highest BCUT2D eigenvalue weighted by Gasteiger charge is 2.08. The highest BCUT2D eigenvalue weighted by Crippen LogP contribution is 2.10. The summed E-state index contributed by atoms with van der Waals surface area (Å²) in [7, 11) is 1.61. The average Bonchev–Trinajstić information content (AvgIpc) is 2.40. The zero-order chi connectivity index (χ0) is 14.1. The van der Waals surface area contributed by atoms with Crippen LogP contribution < -0.4 is 0 Å². The van der Waals surface area contributed by atoms with Gasteiger partial charge in [0.25, 0.3) is 0 Å². The Labute approximate surface area is 112 Å². The van der Waals surface area contributed by atoms with Crippen LogP contribution >= 0.6 is 0 Å². The minimum atomic E-state index is -0.444. The summed E-state index contributed by atoms with van der Waals surface area (Å²) in [6.07, 6.45) is 0.621. The van der Waals surface area contributed by atoms with Crippen LogP contribution in [0.1, 0.15) is 22.3 Å². The molecule has 0 saturated heterocycles. The molecule has 0 radical (unpaired) electrons. The SMILES string of the molecule is COCCOCCCOC(=O)c1ccc(F)c(C)c1. The highest BCUT2D eigenvalue weighted by atomic mass is 19.1. The lowest BCUT2D eigenvalue weighted by Gasteiger charge is -2.06. The summed E-state index contributed by atoms with van der Waals surface area (Å²) in [4.78, 5) is 11.6. The van der Waals surface area contributed by atoms with Gasteiger partial charge in [0.1, 0.15) is 5.82 Å². The lowest BCUT2D eigenvalue weighted by atomic mass is 10.1. The molecule has 0 spiro atoms. The van der Waals surface area contributed by atoms with Crippen LogP contribution in [0.4, 0.5) is 4.39 Å². The summed E-state index contributed by atoms with van der Waals surface area (Å²) in [6, 6.07) is 4.16. The minimum Gasteiger partial charge on any atom is -0.462 e. The Morgan fingerprint density at radius 2 is 2.00 bits per heavy atom. The molecule has 4 nitrogen and oxygen atoms in total. The van der Waals surface area contributed by atoms with E-state index in [9.17, 15) is 9.18 Å². The van der Waals surface area contributed by atoms with Crippen LogP contribution in [0.15, 0.2) is 18.2 Å². The lowest BCUT2D eigenvalue weighted by molar-refractivity contribution is 0.0385. The molecule has 0 atom stereocenters. The second-order valence-corrected chi connectivity index (χ2v) is 4.06. The minimum absolute atomic E-state index is 0.280. The zero-order valence-corrected chi connectivity index (χ0v) is 11.3. The van der Waals surface area contributed by atoms with Crippen molar-refractivity contribution in [2.75, 3.05) is 33.5 Å². The number of methoxy groups -OCH3 is 1. The first-order valence-electron chi connectivity index (χ1n) is 6.15. The molecule has 1 aromatic rings. The Hall–Kier alpha value is -1.46. The van der Waals surface area contributed by atoms with Crippen molar-refractivity contribution in [2.45, 2.75) is 13.3 Å². The molecule has 0 saturated carbocycles. The van der Waals surface area contributed by atoms with E-state index >= 15 is 0 Å². The van der Waals surface area contributed by atoms with E-state index in [-0.39, 0.29) is 12.4 Å². The molecule has 0 amide bonds. The van der Waals surface area contributed by atoms with Crippen molar-refractivity contribution in [1.82, 2.24) is 0 Å². The molecule has 19 heavy (non-hydrogen) atoms. The van der Waals surface area contributed by atoms with Crippen LogP contribution in [-0.4, -0.2) is 39.5 Å². The molecule has 0 bridgehead atoms. The van der Waals surface area contributed by atoms with Gasteiger partial charge < -0.3 is 14.2 Å². The summed E-state index contributed by atoms with van der Waals surface area (Å²) in [5.74, 6) is -0.775. The second-order valence-electron chi connectivity index (χ2n) is 4.06. The topological polar surface area (TPSA) is 44.8 Å². The number of hydrogen-bond acceptors (Lipinski definition) is 4. The van der Waals surface area contributed by atoms with Gasteiger partial charge in [0.2, 0.25) is 0 Å². The molecule has 0 aliphatic rings. The molecule has 5 heteroatoms. The van der Waals surface area contributed by atoms with Crippen LogP contribution in [0.25, 0.3) is 0 Å². The van der Waals surface area contributed by atoms with Gasteiger partial charge in [-0.05, 0) is 30.7 Å². The third-order valence-corrected chi connectivity index (χ3v) is 2.49. The summed E-state index contributed by atoms with van der Waals surface area (Å²) in [6.45, 7) is 3.48. The van der Waals surface area contributed by atoms with Crippen molar-refractivity contribution in [3.05, 3.63) is 35.1 Å². The standard InChI is InChI=1S/C14H19FO4/c1-11-10-12(4-5-13(11)15)14(16)19-7-3-6-18-9-8-17-2/h4-5,10H,3,6-9H2,1-2H3. The molecule has 0 heterocycles. The fraction of sp³-hybridized carbons (Fsp3) is 0.500. The van der Waals surface area contributed by atoms with Crippen molar-refractivity contribution >= 4 is 5.97 Å². The molecule has 0 fully saturated rings. The number of carbonyl (C=O) groups is 1. The van der Waals surface area contributed by atoms with Crippen molar-refractivity contribution in [2.24, 2.45) is 0 Å². The lowest BCUT2D eigenvalue weighted by Crippen LogP contribution is -2.10. The summed E-state index contributed by atoms with van der Waals surface area (Å²) < 4.78 is 28.1. The number of carbonyl (C=O) groups excluding carboxylic acids is 1. The van der Waals surface area contributed by atoms with E-state index in [0.29, 0.717) is 37.4 Å². The largest absolute Gasteiger partial charge is 0.462 e. The summed E-state index contributed by atoms with van der Waals surface area (Å²) in [5.41, 5.74) is 0.788. The normalized spacial score (nSPS) is 10.5. The first kappa shape index (κ1) is 15.6. The third kappa shape index (κ3) is 5.81. The Morgan fingerprint density at radius 3 is 2.68 bits per heavy atom. The van der Waals surface area contributed by atoms with E-state index in [2.05, 4.69) is 0 Å². The van der Waals surface area contributed by atoms with Crippen LogP contribution in [0.3, 0.4) is 0 Å². The maximum Gasteiger partial charge on any atom is 0.338 e. The monoisotopic (exact) mass is 270 g/mol. The molecular weight excluding hydrogens is 251 g/mol. The van der Waals surface area contributed by atoms with Gasteiger partial charge in [-0.2, -0.15) is 0 Å².